The lowest BCUT2D eigenvalue weighted by Gasteiger charge is -2.10. The molecule has 0 aromatic heterocycles. The number of rotatable bonds is 8. The van der Waals surface area contributed by atoms with Gasteiger partial charge in [0.25, 0.3) is 0 Å². The normalized spacial score (nSPS) is 17.5. The molecule has 0 saturated heterocycles. The third-order valence-electron chi connectivity index (χ3n) is 3.43. The minimum absolute atomic E-state index is 0.538. The zero-order valence-corrected chi connectivity index (χ0v) is 13.0. The van der Waals surface area contributed by atoms with Crippen LogP contribution < -0.4 is 10.1 Å². The van der Waals surface area contributed by atoms with Crippen LogP contribution in [0.25, 0.3) is 0 Å². The third kappa shape index (κ3) is 4.12. The van der Waals surface area contributed by atoms with E-state index in [0.29, 0.717) is 5.92 Å². The van der Waals surface area contributed by atoms with E-state index in [4.69, 9.17) is 4.74 Å². The van der Waals surface area contributed by atoms with Gasteiger partial charge < -0.3 is 10.1 Å². The Bertz CT molecular complexity index is 356. The van der Waals surface area contributed by atoms with Crippen LogP contribution in [0.3, 0.4) is 0 Å². The highest BCUT2D eigenvalue weighted by molar-refractivity contribution is 14.1. The number of nitrogens with one attached hydrogen (secondary N) is 1. The van der Waals surface area contributed by atoms with Gasteiger partial charge in [-0.1, -0.05) is 53.6 Å². The largest absolute Gasteiger partial charge is 0.493 e. The first-order valence-corrected chi connectivity index (χ1v) is 8.43. The zero-order chi connectivity index (χ0) is 12.6. The average molecular weight is 359 g/mol. The summed E-state index contributed by atoms with van der Waals surface area (Å²) in [6.45, 7) is 3.02. The van der Waals surface area contributed by atoms with Crippen molar-refractivity contribution in [1.82, 2.24) is 5.32 Å². The van der Waals surface area contributed by atoms with Gasteiger partial charge in [-0.25, -0.2) is 0 Å². The minimum Gasteiger partial charge on any atom is -0.493 e. The Kier molecular flexibility index (Phi) is 6.28. The molecule has 0 bridgehead atoms. The van der Waals surface area contributed by atoms with Gasteiger partial charge in [-0.3, -0.25) is 0 Å². The molecule has 18 heavy (non-hydrogen) atoms. The van der Waals surface area contributed by atoms with Crippen LogP contribution in [-0.2, 0) is 0 Å². The number of hydrogen-bond donors (Lipinski definition) is 1. The van der Waals surface area contributed by atoms with Crippen molar-refractivity contribution in [2.45, 2.75) is 31.6 Å². The van der Waals surface area contributed by atoms with E-state index >= 15 is 0 Å². The summed E-state index contributed by atoms with van der Waals surface area (Å²) in [7, 11) is 0. The monoisotopic (exact) mass is 359 g/mol. The van der Waals surface area contributed by atoms with Crippen LogP contribution in [0.4, 0.5) is 0 Å². The van der Waals surface area contributed by atoms with E-state index in [1.807, 2.05) is 6.07 Å². The van der Waals surface area contributed by atoms with E-state index in [2.05, 4.69) is 46.1 Å². The number of alkyl halides is 1. The summed E-state index contributed by atoms with van der Waals surface area (Å²) in [5, 5.41) is 3.56. The average Bonchev–Trinajstić information content (AvgIpc) is 2.81. The first-order chi connectivity index (χ1) is 8.92. The Hall–Kier alpha value is -0.290. The van der Waals surface area contributed by atoms with Crippen LogP contribution in [-0.4, -0.2) is 24.1 Å². The topological polar surface area (TPSA) is 21.3 Å². The van der Waals surface area contributed by atoms with Crippen molar-refractivity contribution in [2.75, 3.05) is 24.1 Å². The molecule has 100 valence electrons. The SMILES string of the molecule is ICCCCCCNCC1COc2ccccc21. The van der Waals surface area contributed by atoms with Crippen molar-refractivity contribution >= 4 is 22.6 Å². The lowest BCUT2D eigenvalue weighted by molar-refractivity contribution is 0.326. The van der Waals surface area contributed by atoms with Gasteiger partial charge in [0.1, 0.15) is 5.75 Å². The van der Waals surface area contributed by atoms with Crippen molar-refractivity contribution in [3.8, 4) is 5.75 Å². The van der Waals surface area contributed by atoms with Crippen molar-refractivity contribution in [2.24, 2.45) is 0 Å². The van der Waals surface area contributed by atoms with E-state index < -0.39 is 0 Å². The number of halogens is 1. The first-order valence-electron chi connectivity index (χ1n) is 6.90. The van der Waals surface area contributed by atoms with Gasteiger partial charge in [-0.05, 0) is 29.9 Å². The summed E-state index contributed by atoms with van der Waals surface area (Å²) in [4.78, 5) is 0. The fourth-order valence-corrected chi connectivity index (χ4v) is 2.91. The molecule has 0 spiro atoms. The molecule has 1 unspecified atom stereocenters. The summed E-state index contributed by atoms with van der Waals surface area (Å²) >= 11 is 2.45. The van der Waals surface area contributed by atoms with Crippen LogP contribution >= 0.6 is 22.6 Å². The summed E-state index contributed by atoms with van der Waals surface area (Å²) in [5.41, 5.74) is 1.37. The Labute approximate surface area is 124 Å². The van der Waals surface area contributed by atoms with Crippen LogP contribution in [0.1, 0.15) is 37.2 Å². The maximum Gasteiger partial charge on any atom is 0.122 e. The molecule has 2 nitrogen and oxygen atoms in total. The molecule has 1 N–H and O–H groups in total. The lowest BCUT2D eigenvalue weighted by atomic mass is 10.0. The van der Waals surface area contributed by atoms with Gasteiger partial charge in [-0.15, -0.1) is 0 Å². The Morgan fingerprint density at radius 2 is 2.00 bits per heavy atom. The quantitative estimate of drug-likeness (QED) is 0.434. The molecule has 1 heterocycles. The van der Waals surface area contributed by atoms with Gasteiger partial charge in [0, 0.05) is 18.0 Å². The van der Waals surface area contributed by atoms with Crippen molar-refractivity contribution in [3.63, 3.8) is 0 Å². The van der Waals surface area contributed by atoms with Gasteiger partial charge >= 0.3 is 0 Å². The molecule has 0 fully saturated rings. The summed E-state index contributed by atoms with van der Waals surface area (Å²) < 4.78 is 6.97. The smallest absolute Gasteiger partial charge is 0.122 e. The summed E-state index contributed by atoms with van der Waals surface area (Å²) in [6.07, 6.45) is 5.39. The summed E-state index contributed by atoms with van der Waals surface area (Å²) in [5.74, 6) is 1.61. The minimum atomic E-state index is 0.538. The van der Waals surface area contributed by atoms with Gasteiger partial charge in [-0.2, -0.15) is 0 Å². The Balaban J connectivity index is 1.61. The molecule has 0 radical (unpaired) electrons. The van der Waals surface area contributed by atoms with E-state index in [0.717, 1.165) is 25.4 Å². The predicted octanol–water partition coefficient (Wildman–Crippen LogP) is 3.75. The zero-order valence-electron chi connectivity index (χ0n) is 10.8. The number of fused-ring (bicyclic) bond motifs is 1. The number of ether oxygens (including phenoxy) is 1. The molecule has 1 atom stereocenters. The van der Waals surface area contributed by atoms with Crippen LogP contribution in [0.2, 0.25) is 0 Å². The summed E-state index contributed by atoms with van der Waals surface area (Å²) in [6, 6.07) is 8.40. The molecule has 1 aromatic rings. The molecule has 0 saturated carbocycles. The number of hydrogen-bond acceptors (Lipinski definition) is 2. The molecule has 3 heteroatoms. The third-order valence-corrected chi connectivity index (χ3v) is 4.19. The fourth-order valence-electron chi connectivity index (χ4n) is 2.37. The molecule has 0 aliphatic carbocycles. The van der Waals surface area contributed by atoms with Crippen molar-refractivity contribution < 1.29 is 4.74 Å². The molecule has 2 rings (SSSR count). The molecule has 1 aromatic carbocycles. The van der Waals surface area contributed by atoms with Crippen LogP contribution in [0.15, 0.2) is 24.3 Å². The van der Waals surface area contributed by atoms with Crippen LogP contribution in [0.5, 0.6) is 5.75 Å². The van der Waals surface area contributed by atoms with Crippen molar-refractivity contribution in [1.29, 1.82) is 0 Å². The maximum absolute atomic E-state index is 5.68. The Morgan fingerprint density at radius 3 is 2.89 bits per heavy atom. The number of benzene rings is 1. The second-order valence-corrected chi connectivity index (χ2v) is 5.93. The van der Waals surface area contributed by atoms with Gasteiger partial charge in [0.15, 0.2) is 0 Å². The highest BCUT2D eigenvalue weighted by Crippen LogP contribution is 2.32. The van der Waals surface area contributed by atoms with E-state index in [9.17, 15) is 0 Å². The predicted molar refractivity (Wildman–Crippen MR) is 84.9 cm³/mol. The van der Waals surface area contributed by atoms with E-state index in [-0.39, 0.29) is 0 Å². The van der Waals surface area contributed by atoms with Crippen LogP contribution in [0, 0.1) is 0 Å². The molecule has 0 amide bonds. The highest BCUT2D eigenvalue weighted by Gasteiger charge is 2.22. The van der Waals surface area contributed by atoms with Gasteiger partial charge in [0.2, 0.25) is 0 Å². The number of para-hydroxylation sites is 1. The lowest BCUT2D eigenvalue weighted by Crippen LogP contribution is -2.23. The first kappa shape index (κ1) is 14.1. The van der Waals surface area contributed by atoms with Gasteiger partial charge in [0.05, 0.1) is 6.61 Å². The van der Waals surface area contributed by atoms with E-state index in [1.165, 1.54) is 35.7 Å². The Morgan fingerprint density at radius 1 is 1.17 bits per heavy atom. The molecular formula is C15H22INO. The number of unbranched alkanes of at least 4 members (excludes halogenated alkanes) is 3. The second kappa shape index (κ2) is 8.00. The highest BCUT2D eigenvalue weighted by atomic mass is 127. The molecular weight excluding hydrogens is 337 g/mol. The van der Waals surface area contributed by atoms with E-state index in [1.54, 1.807) is 0 Å². The standard InChI is InChI=1S/C15H22INO/c16-9-5-1-2-6-10-17-11-13-12-18-15-8-4-3-7-14(13)15/h3-4,7-8,13,17H,1-2,5-6,9-12H2. The second-order valence-electron chi connectivity index (χ2n) is 4.85. The molecule has 1 aliphatic rings. The fraction of sp³-hybridized carbons (Fsp3) is 0.600. The maximum atomic E-state index is 5.68. The van der Waals surface area contributed by atoms with Crippen molar-refractivity contribution in [3.05, 3.63) is 29.8 Å². The molecule has 1 aliphatic heterocycles.